The monoisotopic (exact) mass is 421 g/mol. The van der Waals surface area contributed by atoms with Crippen molar-refractivity contribution in [2.24, 2.45) is 5.92 Å². The van der Waals surface area contributed by atoms with Crippen molar-refractivity contribution in [2.45, 2.75) is 52.2 Å². The minimum absolute atomic E-state index is 0.0911. The Morgan fingerprint density at radius 2 is 2.13 bits per heavy atom. The third kappa shape index (κ3) is 4.42. The maximum absolute atomic E-state index is 12.6. The summed E-state index contributed by atoms with van der Waals surface area (Å²) in [6.07, 6.45) is 3.51. The molecule has 2 heterocycles. The van der Waals surface area contributed by atoms with Gasteiger partial charge in [-0.3, -0.25) is 4.79 Å². The summed E-state index contributed by atoms with van der Waals surface area (Å²) in [6, 6.07) is 10.4. The van der Waals surface area contributed by atoms with Gasteiger partial charge in [-0.05, 0) is 50.7 Å². The highest BCUT2D eigenvalue weighted by molar-refractivity contribution is 5.88. The van der Waals surface area contributed by atoms with Crippen molar-refractivity contribution < 1.29 is 9.53 Å². The van der Waals surface area contributed by atoms with Crippen LogP contribution in [0.1, 0.15) is 55.6 Å². The predicted octanol–water partition coefficient (Wildman–Crippen LogP) is 3.73. The number of ether oxygens (including phenoxy) is 1. The lowest BCUT2D eigenvalue weighted by Crippen LogP contribution is -2.28. The van der Waals surface area contributed by atoms with Crippen LogP contribution in [0.2, 0.25) is 0 Å². The molecule has 7 heteroatoms. The molecule has 164 valence electrons. The molecule has 0 saturated heterocycles. The summed E-state index contributed by atoms with van der Waals surface area (Å²) in [5, 5.41) is 3.13. The van der Waals surface area contributed by atoms with Gasteiger partial charge in [0.25, 0.3) is 0 Å². The van der Waals surface area contributed by atoms with Gasteiger partial charge in [0.1, 0.15) is 17.9 Å². The first-order valence-corrected chi connectivity index (χ1v) is 11.0. The van der Waals surface area contributed by atoms with Crippen LogP contribution >= 0.6 is 0 Å². The summed E-state index contributed by atoms with van der Waals surface area (Å²) in [6.45, 7) is 7.77. The van der Waals surface area contributed by atoms with Gasteiger partial charge in [-0.25, -0.2) is 9.97 Å². The Labute approximate surface area is 183 Å². The lowest BCUT2D eigenvalue weighted by molar-refractivity contribution is -0.122. The first-order chi connectivity index (χ1) is 15.0. The number of aryl methyl sites for hydroxylation is 1. The van der Waals surface area contributed by atoms with Crippen molar-refractivity contribution >= 4 is 22.8 Å². The Morgan fingerprint density at radius 1 is 1.35 bits per heavy atom. The first-order valence-electron chi connectivity index (χ1n) is 11.0. The molecule has 1 aliphatic rings. The van der Waals surface area contributed by atoms with E-state index in [0.717, 1.165) is 29.7 Å². The van der Waals surface area contributed by atoms with Gasteiger partial charge in [0, 0.05) is 31.3 Å². The van der Waals surface area contributed by atoms with E-state index in [1.165, 1.54) is 5.56 Å². The molecule has 1 fully saturated rings. The van der Waals surface area contributed by atoms with Crippen LogP contribution < -0.4 is 11.1 Å². The van der Waals surface area contributed by atoms with E-state index < -0.39 is 0 Å². The van der Waals surface area contributed by atoms with Gasteiger partial charge in [-0.1, -0.05) is 30.3 Å². The predicted molar refractivity (Wildman–Crippen MR) is 122 cm³/mol. The van der Waals surface area contributed by atoms with Crippen molar-refractivity contribution in [1.29, 1.82) is 0 Å². The first kappa shape index (κ1) is 21.3. The fraction of sp³-hybridized carbons (Fsp3) is 0.458. The minimum Gasteiger partial charge on any atom is -0.382 e. The van der Waals surface area contributed by atoms with Crippen molar-refractivity contribution in [3.8, 4) is 0 Å². The zero-order valence-corrected chi connectivity index (χ0v) is 18.5. The van der Waals surface area contributed by atoms with Crippen molar-refractivity contribution in [3.05, 3.63) is 53.5 Å². The highest BCUT2D eigenvalue weighted by Gasteiger charge is 2.43. The molecule has 1 aromatic carbocycles. The summed E-state index contributed by atoms with van der Waals surface area (Å²) in [5.41, 5.74) is 10.1. The number of nitrogens with two attached hydrogens (primary N) is 1. The Bertz CT molecular complexity index is 1060. The lowest BCUT2D eigenvalue weighted by atomic mass is 10.1. The number of rotatable bonds is 9. The van der Waals surface area contributed by atoms with E-state index in [0.29, 0.717) is 37.0 Å². The van der Waals surface area contributed by atoms with E-state index in [4.69, 9.17) is 15.5 Å². The molecule has 31 heavy (non-hydrogen) atoms. The molecule has 0 spiro atoms. The molecule has 4 rings (SSSR count). The van der Waals surface area contributed by atoms with Crippen LogP contribution in [0.4, 0.5) is 5.82 Å². The minimum atomic E-state index is 0.0911. The number of nitrogen functional groups attached to an aromatic ring is 1. The van der Waals surface area contributed by atoms with Crippen LogP contribution in [0.25, 0.3) is 11.0 Å². The Morgan fingerprint density at radius 3 is 2.87 bits per heavy atom. The maximum Gasteiger partial charge on any atom is 0.223 e. The smallest absolute Gasteiger partial charge is 0.223 e. The summed E-state index contributed by atoms with van der Waals surface area (Å²) in [7, 11) is 0. The largest absolute Gasteiger partial charge is 0.382 e. The summed E-state index contributed by atoms with van der Waals surface area (Å²) in [5.74, 6) is 1.86. The van der Waals surface area contributed by atoms with Crippen molar-refractivity contribution in [1.82, 2.24) is 19.9 Å². The fourth-order valence-corrected chi connectivity index (χ4v) is 4.31. The third-order valence-electron chi connectivity index (χ3n) is 6.09. The molecule has 1 amide bonds. The number of carbonyl (C=O) groups is 1. The quantitative estimate of drug-likeness (QED) is 0.549. The molecule has 3 N–H and O–H groups in total. The number of nitrogens with one attached hydrogen (secondary N) is 1. The molecule has 1 saturated carbocycles. The van der Waals surface area contributed by atoms with Gasteiger partial charge in [-0.15, -0.1) is 0 Å². The van der Waals surface area contributed by atoms with E-state index in [1.54, 1.807) is 6.20 Å². The number of fused-ring (bicyclic) bond motifs is 1. The SMILES string of the molecule is CCOCc1nc2c(N)ncc(C)c2n1C(C)CCNC(=O)C1CC1c1ccccc1. The second-order valence-electron chi connectivity index (χ2n) is 8.35. The number of carbonyl (C=O) groups excluding carboxylic acids is 1. The van der Waals surface area contributed by atoms with E-state index in [1.807, 2.05) is 32.0 Å². The number of imidazole rings is 1. The molecular weight excluding hydrogens is 390 g/mol. The highest BCUT2D eigenvalue weighted by atomic mass is 16.5. The van der Waals surface area contributed by atoms with Crippen LogP contribution in [0, 0.1) is 12.8 Å². The van der Waals surface area contributed by atoms with Gasteiger partial charge in [0.2, 0.25) is 5.91 Å². The summed E-state index contributed by atoms with van der Waals surface area (Å²) < 4.78 is 7.83. The molecule has 3 unspecified atom stereocenters. The van der Waals surface area contributed by atoms with E-state index in [9.17, 15) is 4.79 Å². The lowest BCUT2D eigenvalue weighted by Gasteiger charge is -2.19. The molecule has 7 nitrogen and oxygen atoms in total. The fourth-order valence-electron chi connectivity index (χ4n) is 4.31. The van der Waals surface area contributed by atoms with Crippen LogP contribution in [0.5, 0.6) is 0 Å². The number of nitrogens with zero attached hydrogens (tertiary/aromatic N) is 3. The van der Waals surface area contributed by atoms with Gasteiger partial charge in [0.15, 0.2) is 5.82 Å². The second-order valence-corrected chi connectivity index (χ2v) is 8.35. The Balaban J connectivity index is 1.42. The normalized spacial score (nSPS) is 18.8. The molecule has 3 aromatic rings. The van der Waals surface area contributed by atoms with Gasteiger partial charge in [-0.2, -0.15) is 0 Å². The number of pyridine rings is 1. The average Bonchev–Trinajstić information content (AvgIpc) is 3.48. The zero-order valence-electron chi connectivity index (χ0n) is 18.5. The Hall–Kier alpha value is -2.93. The Kier molecular flexibility index (Phi) is 6.23. The maximum atomic E-state index is 12.6. The van der Waals surface area contributed by atoms with E-state index in [-0.39, 0.29) is 17.9 Å². The number of amides is 1. The van der Waals surface area contributed by atoms with Crippen LogP contribution in [0.3, 0.4) is 0 Å². The highest BCUT2D eigenvalue weighted by Crippen LogP contribution is 2.47. The summed E-state index contributed by atoms with van der Waals surface area (Å²) >= 11 is 0. The number of hydrogen-bond acceptors (Lipinski definition) is 5. The van der Waals surface area contributed by atoms with Crippen LogP contribution in [-0.2, 0) is 16.1 Å². The average molecular weight is 422 g/mol. The van der Waals surface area contributed by atoms with Crippen LogP contribution in [-0.4, -0.2) is 33.6 Å². The van der Waals surface area contributed by atoms with Gasteiger partial charge < -0.3 is 20.4 Å². The second kappa shape index (κ2) is 9.06. The number of anilines is 1. The molecule has 0 aliphatic heterocycles. The molecular formula is C24H31N5O2. The standard InChI is InChI=1S/C24H31N5O2/c1-4-31-14-20-28-21-22(15(2)13-27-23(21)25)29(20)16(3)10-11-26-24(30)19-12-18(19)17-8-6-5-7-9-17/h5-9,13,16,18-19H,4,10-12,14H2,1-3H3,(H2,25,27)(H,26,30). The third-order valence-corrected chi connectivity index (χ3v) is 6.09. The van der Waals surface area contributed by atoms with Crippen LogP contribution in [0.15, 0.2) is 36.5 Å². The summed E-state index contributed by atoms with van der Waals surface area (Å²) in [4.78, 5) is 21.6. The molecule has 0 radical (unpaired) electrons. The molecule has 2 aromatic heterocycles. The van der Waals surface area contributed by atoms with Gasteiger partial charge >= 0.3 is 0 Å². The topological polar surface area (TPSA) is 95.1 Å². The zero-order chi connectivity index (χ0) is 22.0. The van der Waals surface area contributed by atoms with E-state index >= 15 is 0 Å². The van der Waals surface area contributed by atoms with Crippen molar-refractivity contribution in [2.75, 3.05) is 18.9 Å². The van der Waals surface area contributed by atoms with Gasteiger partial charge in [0.05, 0.1) is 5.52 Å². The van der Waals surface area contributed by atoms with Crippen molar-refractivity contribution in [3.63, 3.8) is 0 Å². The molecule has 1 aliphatic carbocycles. The number of hydrogen-bond donors (Lipinski definition) is 2. The molecule has 3 atom stereocenters. The number of aromatic nitrogens is 3. The van der Waals surface area contributed by atoms with E-state index in [2.05, 4.69) is 33.9 Å². The number of benzene rings is 1. The molecule has 0 bridgehead atoms.